The van der Waals surface area contributed by atoms with Crippen molar-refractivity contribution < 1.29 is 14.0 Å². The average Bonchev–Trinajstić information content (AvgIpc) is 2.63. The van der Waals surface area contributed by atoms with Gasteiger partial charge in [-0.05, 0) is 43.2 Å². The van der Waals surface area contributed by atoms with Crippen LogP contribution >= 0.6 is 23.2 Å². The van der Waals surface area contributed by atoms with E-state index in [2.05, 4.69) is 22.2 Å². The maximum absolute atomic E-state index is 12.9. The molecule has 0 saturated carbocycles. The number of hydrogen-bond acceptors (Lipinski definition) is 3. The highest BCUT2D eigenvalue weighted by Gasteiger charge is 2.15. The van der Waals surface area contributed by atoms with Crippen molar-refractivity contribution in [1.82, 2.24) is 10.3 Å². The second-order valence-corrected chi connectivity index (χ2v) is 6.76. The first-order valence-corrected chi connectivity index (χ1v) is 8.88. The normalized spacial score (nSPS) is 11.6. The van der Waals surface area contributed by atoms with Gasteiger partial charge in [0, 0.05) is 23.5 Å². The van der Waals surface area contributed by atoms with Gasteiger partial charge in [0.2, 0.25) is 5.91 Å². The molecule has 1 atom stereocenters. The minimum atomic E-state index is -0.408. The number of hydrogen-bond donors (Lipinski definition) is 2. The minimum Gasteiger partial charge on any atom is -0.326 e. The zero-order chi connectivity index (χ0) is 20.0. The Hall–Kier alpha value is -2.44. The Morgan fingerprint density at radius 1 is 1.26 bits per heavy atom. The van der Waals surface area contributed by atoms with Gasteiger partial charge in [0.05, 0.1) is 10.6 Å². The van der Waals surface area contributed by atoms with E-state index in [9.17, 15) is 14.0 Å². The number of anilines is 1. The Morgan fingerprint density at radius 2 is 1.93 bits per heavy atom. The first-order chi connectivity index (χ1) is 12.8. The molecular formula is C19H18Cl2FN3O2. The van der Waals surface area contributed by atoms with E-state index in [0.717, 1.165) is 0 Å². The molecule has 2 amide bonds. The molecule has 5 nitrogen and oxygen atoms in total. The number of rotatable bonds is 7. The van der Waals surface area contributed by atoms with Crippen LogP contribution in [0.3, 0.4) is 0 Å². The van der Waals surface area contributed by atoms with Gasteiger partial charge >= 0.3 is 0 Å². The van der Waals surface area contributed by atoms with E-state index in [1.807, 2.05) is 0 Å². The molecule has 27 heavy (non-hydrogen) atoms. The van der Waals surface area contributed by atoms with Crippen LogP contribution in [0.2, 0.25) is 10.2 Å². The van der Waals surface area contributed by atoms with Crippen LogP contribution in [-0.4, -0.2) is 16.8 Å². The molecule has 0 bridgehead atoms. The summed E-state index contributed by atoms with van der Waals surface area (Å²) >= 11 is 11.6. The van der Waals surface area contributed by atoms with E-state index in [1.165, 1.54) is 36.5 Å². The fourth-order valence-electron chi connectivity index (χ4n) is 2.16. The highest BCUT2D eigenvalue weighted by atomic mass is 35.5. The molecule has 2 rings (SSSR count). The van der Waals surface area contributed by atoms with Gasteiger partial charge in [-0.1, -0.05) is 36.7 Å². The number of benzene rings is 1. The predicted molar refractivity (Wildman–Crippen MR) is 104 cm³/mol. The monoisotopic (exact) mass is 409 g/mol. The van der Waals surface area contributed by atoms with Crippen LogP contribution in [-0.2, 0) is 4.79 Å². The zero-order valence-electron chi connectivity index (χ0n) is 14.6. The maximum Gasteiger partial charge on any atom is 0.257 e. The molecule has 1 aromatic heterocycles. The largest absolute Gasteiger partial charge is 0.326 e. The molecular weight excluding hydrogens is 392 g/mol. The first kappa shape index (κ1) is 20.9. The van der Waals surface area contributed by atoms with Crippen LogP contribution in [0.5, 0.6) is 0 Å². The highest BCUT2D eigenvalue weighted by Crippen LogP contribution is 2.20. The average molecular weight is 410 g/mol. The summed E-state index contributed by atoms with van der Waals surface area (Å²) in [5.74, 6) is -1.30. The number of carbonyl (C=O) groups excluding carboxylic acids is 2. The smallest absolute Gasteiger partial charge is 0.257 e. The number of allylic oxidation sites excluding steroid dienone is 1. The standard InChI is InChI=1S/C19H18Cl2FN3O2/c1-11(18(26)25-15-7-5-14(22)6-8-15)3-4-12(2)24-19(27)13-9-16(20)17(21)23-10-13/h5-11H,2-4H2,1H3,(H,24,27)(H,25,26)/t11-/m0/s1. The number of aromatic nitrogens is 1. The van der Waals surface area contributed by atoms with Gasteiger partial charge in [-0.2, -0.15) is 0 Å². The van der Waals surface area contributed by atoms with Crippen molar-refractivity contribution in [2.45, 2.75) is 19.8 Å². The minimum absolute atomic E-state index is 0.119. The number of amides is 2. The first-order valence-electron chi connectivity index (χ1n) is 8.13. The molecule has 2 aromatic rings. The highest BCUT2D eigenvalue weighted by molar-refractivity contribution is 6.41. The lowest BCUT2D eigenvalue weighted by Crippen LogP contribution is -2.24. The zero-order valence-corrected chi connectivity index (χ0v) is 16.1. The second-order valence-electron chi connectivity index (χ2n) is 5.99. The Balaban J connectivity index is 1.81. The van der Waals surface area contributed by atoms with Crippen molar-refractivity contribution in [2.75, 3.05) is 5.32 Å². The molecule has 1 aromatic carbocycles. The number of halogens is 3. The number of pyridine rings is 1. The summed E-state index contributed by atoms with van der Waals surface area (Å²) in [6.45, 7) is 5.56. The molecule has 0 radical (unpaired) electrons. The lowest BCUT2D eigenvalue weighted by atomic mass is 10.0. The fourth-order valence-corrected chi connectivity index (χ4v) is 2.43. The topological polar surface area (TPSA) is 71.1 Å². The van der Waals surface area contributed by atoms with Crippen LogP contribution < -0.4 is 10.6 Å². The lowest BCUT2D eigenvalue weighted by Gasteiger charge is -2.14. The quantitative estimate of drug-likeness (QED) is 0.643. The van der Waals surface area contributed by atoms with Crippen molar-refractivity contribution in [3.63, 3.8) is 0 Å². The molecule has 0 aliphatic rings. The summed E-state index contributed by atoms with van der Waals surface area (Å²) in [5.41, 5.74) is 1.24. The third-order valence-corrected chi connectivity index (χ3v) is 4.47. The summed E-state index contributed by atoms with van der Waals surface area (Å²) < 4.78 is 12.9. The van der Waals surface area contributed by atoms with Gasteiger partial charge in [0.15, 0.2) is 0 Å². The van der Waals surface area contributed by atoms with Crippen LogP contribution in [0, 0.1) is 11.7 Å². The van der Waals surface area contributed by atoms with Gasteiger partial charge in [-0.3, -0.25) is 9.59 Å². The molecule has 0 fully saturated rings. The van der Waals surface area contributed by atoms with Gasteiger partial charge < -0.3 is 10.6 Å². The van der Waals surface area contributed by atoms with E-state index in [1.54, 1.807) is 6.92 Å². The number of nitrogens with one attached hydrogen (secondary N) is 2. The second kappa shape index (κ2) is 9.48. The Labute approximate surface area is 166 Å². The third kappa shape index (κ3) is 6.34. The van der Waals surface area contributed by atoms with Gasteiger partial charge in [0.25, 0.3) is 5.91 Å². The van der Waals surface area contributed by atoms with E-state index in [0.29, 0.717) is 24.2 Å². The van der Waals surface area contributed by atoms with Gasteiger partial charge in [-0.25, -0.2) is 9.37 Å². The summed E-state index contributed by atoms with van der Waals surface area (Å²) in [4.78, 5) is 28.1. The van der Waals surface area contributed by atoms with Crippen LogP contribution in [0.15, 0.2) is 48.8 Å². The summed E-state index contributed by atoms with van der Waals surface area (Å²) in [5, 5.41) is 5.66. The van der Waals surface area contributed by atoms with Crippen molar-refractivity contribution in [2.24, 2.45) is 5.92 Å². The molecule has 0 spiro atoms. The molecule has 0 aliphatic carbocycles. The number of carbonyl (C=O) groups is 2. The number of nitrogens with zero attached hydrogens (tertiary/aromatic N) is 1. The summed E-state index contributed by atoms with van der Waals surface area (Å²) in [6.07, 6.45) is 2.21. The van der Waals surface area contributed by atoms with Crippen LogP contribution in [0.4, 0.5) is 10.1 Å². The molecule has 0 saturated heterocycles. The molecule has 8 heteroatoms. The van der Waals surface area contributed by atoms with Crippen molar-refractivity contribution in [3.05, 3.63) is 70.4 Å². The molecule has 1 heterocycles. The maximum atomic E-state index is 12.9. The van der Waals surface area contributed by atoms with Crippen molar-refractivity contribution >= 4 is 40.7 Å². The Morgan fingerprint density at radius 3 is 2.56 bits per heavy atom. The molecule has 142 valence electrons. The van der Waals surface area contributed by atoms with E-state index in [-0.39, 0.29) is 33.4 Å². The third-order valence-electron chi connectivity index (χ3n) is 3.79. The lowest BCUT2D eigenvalue weighted by molar-refractivity contribution is -0.119. The molecule has 0 aliphatic heterocycles. The summed E-state index contributed by atoms with van der Waals surface area (Å²) in [7, 11) is 0. The van der Waals surface area contributed by atoms with Crippen LogP contribution in [0.25, 0.3) is 0 Å². The van der Waals surface area contributed by atoms with Crippen molar-refractivity contribution in [3.8, 4) is 0 Å². The summed E-state index contributed by atoms with van der Waals surface area (Å²) in [6, 6.07) is 6.94. The Bertz CT molecular complexity index is 857. The Kier molecular flexibility index (Phi) is 7.33. The van der Waals surface area contributed by atoms with Crippen LogP contribution in [0.1, 0.15) is 30.1 Å². The van der Waals surface area contributed by atoms with Crippen molar-refractivity contribution in [1.29, 1.82) is 0 Å². The molecule has 2 N–H and O–H groups in total. The van der Waals surface area contributed by atoms with Gasteiger partial charge in [-0.15, -0.1) is 0 Å². The fraction of sp³-hybridized carbons (Fsp3) is 0.211. The van der Waals surface area contributed by atoms with E-state index >= 15 is 0 Å². The SMILES string of the molecule is C=C(CC[C@H](C)C(=O)Nc1ccc(F)cc1)NC(=O)c1cnc(Cl)c(Cl)c1. The van der Waals surface area contributed by atoms with E-state index in [4.69, 9.17) is 23.2 Å². The van der Waals surface area contributed by atoms with Gasteiger partial charge in [0.1, 0.15) is 11.0 Å². The van der Waals surface area contributed by atoms with E-state index < -0.39 is 5.91 Å². The predicted octanol–water partition coefficient (Wildman–Crippen LogP) is 4.83. The molecule has 0 unspecified atom stereocenters.